The van der Waals surface area contributed by atoms with Crippen molar-refractivity contribution in [3.05, 3.63) is 53.9 Å². The Kier molecular flexibility index (Phi) is 3.89. The molecule has 0 atom stereocenters. The van der Waals surface area contributed by atoms with Crippen LogP contribution in [0.3, 0.4) is 0 Å². The van der Waals surface area contributed by atoms with E-state index in [1.807, 2.05) is 31.2 Å². The van der Waals surface area contributed by atoms with Crippen LogP contribution in [0, 0.1) is 6.92 Å². The van der Waals surface area contributed by atoms with E-state index in [1.165, 1.54) is 11.9 Å². The number of aromatic nitrogens is 1. The molecule has 1 heterocycles. The van der Waals surface area contributed by atoms with Crippen molar-refractivity contribution in [1.29, 1.82) is 0 Å². The molecule has 0 fully saturated rings. The van der Waals surface area contributed by atoms with Gasteiger partial charge in [-0.05, 0) is 42.8 Å². The SMILES string of the molecule is Cc1cc(OCc2nc3ccccc3o2)ccc1N(C)C(=O)O. The molecule has 0 saturated heterocycles. The van der Waals surface area contributed by atoms with E-state index in [-0.39, 0.29) is 6.61 Å². The molecule has 0 aliphatic rings. The van der Waals surface area contributed by atoms with Gasteiger partial charge in [0, 0.05) is 12.7 Å². The smallest absolute Gasteiger partial charge is 0.411 e. The van der Waals surface area contributed by atoms with Crippen molar-refractivity contribution in [2.24, 2.45) is 0 Å². The Morgan fingerprint density at radius 1 is 1.30 bits per heavy atom. The van der Waals surface area contributed by atoms with Gasteiger partial charge in [-0.25, -0.2) is 9.78 Å². The van der Waals surface area contributed by atoms with E-state index in [1.54, 1.807) is 18.2 Å². The van der Waals surface area contributed by atoms with E-state index in [9.17, 15) is 4.79 Å². The maximum atomic E-state index is 11.0. The van der Waals surface area contributed by atoms with Gasteiger partial charge in [0.2, 0.25) is 5.89 Å². The highest BCUT2D eigenvalue weighted by Crippen LogP contribution is 2.25. The summed E-state index contributed by atoms with van der Waals surface area (Å²) in [6.45, 7) is 2.04. The number of hydrogen-bond donors (Lipinski definition) is 1. The van der Waals surface area contributed by atoms with Gasteiger partial charge in [0.25, 0.3) is 0 Å². The Hall–Kier alpha value is -3.02. The second-order valence-corrected chi connectivity index (χ2v) is 5.15. The Bertz CT molecular complexity index is 824. The molecule has 1 amide bonds. The molecule has 6 nitrogen and oxygen atoms in total. The number of para-hydroxylation sites is 2. The summed E-state index contributed by atoms with van der Waals surface area (Å²) in [5.41, 5.74) is 2.94. The van der Waals surface area contributed by atoms with Gasteiger partial charge in [0.15, 0.2) is 12.2 Å². The minimum absolute atomic E-state index is 0.211. The third kappa shape index (κ3) is 3.11. The first-order valence-electron chi connectivity index (χ1n) is 7.09. The van der Waals surface area contributed by atoms with Gasteiger partial charge in [0.1, 0.15) is 11.3 Å². The monoisotopic (exact) mass is 312 g/mol. The average molecular weight is 312 g/mol. The second-order valence-electron chi connectivity index (χ2n) is 5.15. The number of rotatable bonds is 4. The molecule has 23 heavy (non-hydrogen) atoms. The fourth-order valence-corrected chi connectivity index (χ4v) is 2.32. The Morgan fingerprint density at radius 2 is 2.09 bits per heavy atom. The summed E-state index contributed by atoms with van der Waals surface area (Å²) in [5.74, 6) is 1.13. The van der Waals surface area contributed by atoms with E-state index in [0.717, 1.165) is 16.7 Å². The molecule has 0 aliphatic heterocycles. The van der Waals surface area contributed by atoms with Crippen LogP contribution in [0.25, 0.3) is 11.1 Å². The summed E-state index contributed by atoms with van der Waals surface area (Å²) in [6.07, 6.45) is -1.01. The number of amides is 1. The van der Waals surface area contributed by atoms with Crippen LogP contribution in [0.15, 0.2) is 46.9 Å². The number of carbonyl (C=O) groups is 1. The van der Waals surface area contributed by atoms with Gasteiger partial charge >= 0.3 is 6.09 Å². The third-order valence-electron chi connectivity index (χ3n) is 3.52. The fraction of sp³-hybridized carbons (Fsp3) is 0.176. The van der Waals surface area contributed by atoms with Gasteiger partial charge in [0.05, 0.1) is 0 Å². The molecule has 1 aromatic heterocycles. The van der Waals surface area contributed by atoms with Crippen molar-refractivity contribution in [3.63, 3.8) is 0 Å². The summed E-state index contributed by atoms with van der Waals surface area (Å²) in [5, 5.41) is 9.02. The predicted octanol–water partition coefficient (Wildman–Crippen LogP) is 3.83. The molecule has 0 bridgehead atoms. The third-order valence-corrected chi connectivity index (χ3v) is 3.52. The summed E-state index contributed by atoms with van der Waals surface area (Å²) in [6, 6.07) is 12.7. The lowest BCUT2D eigenvalue weighted by Crippen LogP contribution is -2.24. The first-order chi connectivity index (χ1) is 11.0. The van der Waals surface area contributed by atoms with Crippen LogP contribution in [-0.2, 0) is 6.61 Å². The number of nitrogens with zero attached hydrogens (tertiary/aromatic N) is 2. The molecule has 2 aromatic carbocycles. The van der Waals surface area contributed by atoms with Gasteiger partial charge in [-0.3, -0.25) is 4.90 Å². The predicted molar refractivity (Wildman–Crippen MR) is 85.9 cm³/mol. The number of aryl methyl sites for hydroxylation is 1. The normalized spacial score (nSPS) is 10.7. The van der Waals surface area contributed by atoms with E-state index in [2.05, 4.69) is 4.98 Å². The number of benzene rings is 2. The molecule has 0 unspecified atom stereocenters. The molecule has 0 aliphatic carbocycles. The van der Waals surface area contributed by atoms with Crippen LogP contribution in [0.1, 0.15) is 11.5 Å². The zero-order valence-corrected chi connectivity index (χ0v) is 12.8. The summed E-state index contributed by atoms with van der Waals surface area (Å²) >= 11 is 0. The Balaban J connectivity index is 1.73. The largest absolute Gasteiger partial charge is 0.484 e. The highest BCUT2D eigenvalue weighted by atomic mass is 16.5. The fourth-order valence-electron chi connectivity index (χ4n) is 2.32. The van der Waals surface area contributed by atoms with Gasteiger partial charge in [-0.15, -0.1) is 0 Å². The number of fused-ring (bicyclic) bond motifs is 1. The first-order valence-corrected chi connectivity index (χ1v) is 7.09. The molecule has 0 saturated carbocycles. The van der Waals surface area contributed by atoms with Crippen molar-refractivity contribution in [2.45, 2.75) is 13.5 Å². The number of oxazole rings is 1. The zero-order valence-electron chi connectivity index (χ0n) is 12.8. The van der Waals surface area contributed by atoms with Gasteiger partial charge in [-0.1, -0.05) is 12.1 Å². The van der Waals surface area contributed by atoms with E-state index >= 15 is 0 Å². The van der Waals surface area contributed by atoms with Crippen LogP contribution in [0.4, 0.5) is 10.5 Å². The summed E-state index contributed by atoms with van der Waals surface area (Å²) in [4.78, 5) is 16.5. The van der Waals surface area contributed by atoms with Crippen LogP contribution in [0.5, 0.6) is 5.75 Å². The molecule has 0 radical (unpaired) electrons. The number of hydrogen-bond acceptors (Lipinski definition) is 4. The molecule has 118 valence electrons. The van der Waals surface area contributed by atoms with Crippen LogP contribution >= 0.6 is 0 Å². The Labute approximate surface area is 132 Å². The van der Waals surface area contributed by atoms with E-state index in [4.69, 9.17) is 14.3 Å². The van der Waals surface area contributed by atoms with Crippen molar-refractivity contribution in [2.75, 3.05) is 11.9 Å². The van der Waals surface area contributed by atoms with Crippen LogP contribution in [0.2, 0.25) is 0 Å². The minimum Gasteiger partial charge on any atom is -0.484 e. The van der Waals surface area contributed by atoms with E-state index < -0.39 is 6.09 Å². The maximum Gasteiger partial charge on any atom is 0.411 e. The number of carboxylic acid groups (broad SMARTS) is 1. The topological polar surface area (TPSA) is 75.8 Å². The average Bonchev–Trinajstić information content (AvgIpc) is 2.95. The standard InChI is InChI=1S/C17H16N2O4/c1-11-9-12(7-8-14(11)19(2)17(20)21)22-10-16-18-13-5-3-4-6-15(13)23-16/h3-9H,10H2,1-2H3,(H,20,21). The molecule has 6 heteroatoms. The molecule has 3 aromatic rings. The minimum atomic E-state index is -1.01. The van der Waals surface area contributed by atoms with Crippen LogP contribution < -0.4 is 9.64 Å². The summed E-state index contributed by atoms with van der Waals surface area (Å²) in [7, 11) is 1.50. The second kappa shape index (κ2) is 6.00. The molecule has 3 rings (SSSR count). The molecule has 1 N–H and O–H groups in total. The molecular weight excluding hydrogens is 296 g/mol. The number of anilines is 1. The van der Waals surface area contributed by atoms with Crippen LogP contribution in [-0.4, -0.2) is 23.2 Å². The van der Waals surface area contributed by atoms with Crippen molar-refractivity contribution < 1.29 is 19.1 Å². The molecule has 0 spiro atoms. The zero-order chi connectivity index (χ0) is 16.4. The van der Waals surface area contributed by atoms with Gasteiger partial charge < -0.3 is 14.3 Å². The lowest BCUT2D eigenvalue weighted by Gasteiger charge is -2.16. The number of ether oxygens (including phenoxy) is 1. The van der Waals surface area contributed by atoms with Crippen molar-refractivity contribution in [3.8, 4) is 5.75 Å². The van der Waals surface area contributed by atoms with Gasteiger partial charge in [-0.2, -0.15) is 0 Å². The summed E-state index contributed by atoms with van der Waals surface area (Å²) < 4.78 is 11.3. The lowest BCUT2D eigenvalue weighted by atomic mass is 10.2. The molecular formula is C17H16N2O4. The quantitative estimate of drug-likeness (QED) is 0.792. The highest BCUT2D eigenvalue weighted by molar-refractivity contribution is 5.86. The maximum absolute atomic E-state index is 11.0. The van der Waals surface area contributed by atoms with Crippen molar-refractivity contribution in [1.82, 2.24) is 4.98 Å². The highest BCUT2D eigenvalue weighted by Gasteiger charge is 2.12. The lowest BCUT2D eigenvalue weighted by molar-refractivity contribution is 0.203. The van der Waals surface area contributed by atoms with Crippen molar-refractivity contribution >= 4 is 22.9 Å². The Morgan fingerprint density at radius 3 is 2.78 bits per heavy atom. The van der Waals surface area contributed by atoms with E-state index in [0.29, 0.717) is 17.3 Å². The first kappa shape index (κ1) is 14.9.